The minimum absolute atomic E-state index is 0.0670. The highest BCUT2D eigenvalue weighted by Crippen LogP contribution is 2.33. The maximum absolute atomic E-state index is 11.3. The molecule has 1 atom stereocenters. The molecule has 0 amide bonds. The summed E-state index contributed by atoms with van der Waals surface area (Å²) in [6.45, 7) is 0. The summed E-state index contributed by atoms with van der Waals surface area (Å²) < 4.78 is 5.49. The number of para-hydroxylation sites is 1. The number of halogens is 1. The number of aldehydes is 1. The van der Waals surface area contributed by atoms with E-state index in [2.05, 4.69) is 10.1 Å². The Labute approximate surface area is 151 Å². The van der Waals surface area contributed by atoms with Crippen LogP contribution in [0.2, 0.25) is 5.02 Å². The summed E-state index contributed by atoms with van der Waals surface area (Å²) in [6, 6.07) is 8.91. The summed E-state index contributed by atoms with van der Waals surface area (Å²) >= 11 is 6.91. The van der Waals surface area contributed by atoms with Gasteiger partial charge >= 0.3 is 0 Å². The van der Waals surface area contributed by atoms with E-state index in [4.69, 9.17) is 15.8 Å². The van der Waals surface area contributed by atoms with E-state index in [1.807, 2.05) is 0 Å². The first-order valence-electron chi connectivity index (χ1n) is 7.10. The maximum atomic E-state index is 11.3. The molecule has 0 bridgehead atoms. The minimum atomic E-state index is -0.603. The third-order valence-corrected chi connectivity index (χ3v) is 4.42. The number of pyridine rings is 1. The van der Waals surface area contributed by atoms with Gasteiger partial charge in [0.2, 0.25) is 5.90 Å². The topological polar surface area (TPSA) is 97.9 Å². The number of aromatic nitrogens is 1. The normalized spacial score (nSPS) is 16.4. The van der Waals surface area contributed by atoms with Crippen LogP contribution in [0.25, 0.3) is 0 Å². The number of anilines is 1. The largest absolute Gasteiger partial charge is 0.403 e. The fourth-order valence-electron chi connectivity index (χ4n) is 2.18. The van der Waals surface area contributed by atoms with Crippen LogP contribution >= 0.6 is 23.6 Å². The summed E-state index contributed by atoms with van der Waals surface area (Å²) in [5, 5.41) is 17.0. The molecule has 128 valence electrons. The van der Waals surface area contributed by atoms with Gasteiger partial charge in [0.15, 0.2) is 5.82 Å². The predicted octanol–water partition coefficient (Wildman–Crippen LogP) is 3.46. The highest BCUT2D eigenvalue weighted by atomic mass is 35.5. The lowest BCUT2D eigenvalue weighted by Gasteiger charge is -2.17. The maximum Gasteiger partial charge on any atom is 0.286 e. The molecular formula is C15H11ClN4O4S. The second kappa shape index (κ2) is 7.49. The average Bonchev–Trinajstić information content (AvgIpc) is 3.03. The van der Waals surface area contributed by atoms with Gasteiger partial charge in [-0.15, -0.1) is 5.10 Å². The van der Waals surface area contributed by atoms with E-state index in [1.54, 1.807) is 36.5 Å². The van der Waals surface area contributed by atoms with Crippen LogP contribution in [0.3, 0.4) is 0 Å². The first-order valence-corrected chi connectivity index (χ1v) is 8.22. The van der Waals surface area contributed by atoms with Gasteiger partial charge in [0.25, 0.3) is 5.69 Å². The molecule has 8 nitrogen and oxygen atoms in total. The van der Waals surface area contributed by atoms with Crippen molar-refractivity contribution in [3.8, 4) is 0 Å². The molecule has 1 aliphatic rings. The highest BCUT2D eigenvalue weighted by molar-refractivity contribution is 7.95. The number of benzene rings is 1. The molecule has 1 aliphatic heterocycles. The molecule has 0 spiro atoms. The number of nitro groups is 1. The molecule has 10 heteroatoms. The Morgan fingerprint density at radius 3 is 2.88 bits per heavy atom. The molecule has 0 saturated carbocycles. The van der Waals surface area contributed by atoms with Gasteiger partial charge < -0.3 is 8.98 Å². The number of nitro benzene ring substituents is 1. The number of hydrazone groups is 1. The molecule has 0 aliphatic carbocycles. The molecule has 1 unspecified atom stereocenters. The predicted molar refractivity (Wildman–Crippen MR) is 93.7 cm³/mol. The molecule has 3 rings (SSSR count). The molecule has 0 saturated heterocycles. The summed E-state index contributed by atoms with van der Waals surface area (Å²) in [6.07, 6.45) is 2.48. The molecular weight excluding hydrogens is 368 g/mol. The van der Waals surface area contributed by atoms with E-state index >= 15 is 0 Å². The first kappa shape index (κ1) is 17.2. The van der Waals surface area contributed by atoms with Crippen LogP contribution in [0.1, 0.15) is 6.42 Å². The lowest BCUT2D eigenvalue weighted by atomic mass is 10.2. The van der Waals surface area contributed by atoms with E-state index in [1.165, 1.54) is 11.1 Å². The minimum Gasteiger partial charge on any atom is -0.403 e. The third kappa shape index (κ3) is 3.72. The Morgan fingerprint density at radius 2 is 2.16 bits per heavy atom. The number of carbonyl (C=O) groups excluding carboxylic acids is 1. The molecule has 25 heavy (non-hydrogen) atoms. The number of carbonyl (C=O) groups is 1. The van der Waals surface area contributed by atoms with Crippen molar-refractivity contribution in [2.75, 3.05) is 5.01 Å². The van der Waals surface area contributed by atoms with E-state index < -0.39 is 11.0 Å². The van der Waals surface area contributed by atoms with Crippen molar-refractivity contribution in [3.63, 3.8) is 0 Å². The second-order valence-corrected chi connectivity index (χ2v) is 6.13. The standard InChI is InChI=1S/C15H11ClN4O4S/c16-11-4-3-7-17-15(11)19-10(9-21)8-14(18-19)24-25-13-6-2-1-5-12(13)20(22)23/h1-7,9-10H,8H2. The fourth-order valence-corrected chi connectivity index (χ4v) is 3.04. The Kier molecular flexibility index (Phi) is 5.15. The Morgan fingerprint density at radius 1 is 1.36 bits per heavy atom. The van der Waals surface area contributed by atoms with Gasteiger partial charge in [-0.25, -0.2) is 9.99 Å². The zero-order valence-electron chi connectivity index (χ0n) is 12.6. The molecule has 0 fully saturated rings. The SMILES string of the molecule is O=CC1CC(OSc2ccccc2[N+](=O)[O-])=NN1c1ncccc1Cl. The number of hydrogen-bond donors (Lipinski definition) is 0. The van der Waals surface area contributed by atoms with Gasteiger partial charge in [0, 0.05) is 12.3 Å². The summed E-state index contributed by atoms with van der Waals surface area (Å²) in [5.41, 5.74) is -0.0670. The van der Waals surface area contributed by atoms with Crippen LogP contribution in [0.15, 0.2) is 52.6 Å². The third-order valence-electron chi connectivity index (χ3n) is 3.32. The van der Waals surface area contributed by atoms with Gasteiger partial charge in [0.05, 0.1) is 16.4 Å². The summed E-state index contributed by atoms with van der Waals surface area (Å²) in [5.74, 6) is 0.595. The Balaban J connectivity index is 1.78. The number of hydrogen-bond acceptors (Lipinski definition) is 8. The van der Waals surface area contributed by atoms with Crippen molar-refractivity contribution >= 4 is 47.3 Å². The molecule has 0 radical (unpaired) electrons. The monoisotopic (exact) mass is 378 g/mol. The van der Waals surface area contributed by atoms with Crippen LogP contribution in [0.4, 0.5) is 11.5 Å². The second-order valence-electron chi connectivity index (χ2n) is 4.95. The van der Waals surface area contributed by atoms with Gasteiger partial charge in [-0.05, 0) is 18.2 Å². The van der Waals surface area contributed by atoms with Gasteiger partial charge in [-0.1, -0.05) is 23.7 Å². The number of rotatable bonds is 5. The van der Waals surface area contributed by atoms with Gasteiger partial charge in [-0.2, -0.15) is 0 Å². The molecule has 2 heterocycles. The summed E-state index contributed by atoms with van der Waals surface area (Å²) in [7, 11) is 0. The molecule has 1 aromatic heterocycles. The molecule has 0 N–H and O–H groups in total. The van der Waals surface area contributed by atoms with Gasteiger partial charge in [0.1, 0.15) is 29.3 Å². The van der Waals surface area contributed by atoms with Crippen LogP contribution in [0.5, 0.6) is 0 Å². The molecule has 1 aromatic carbocycles. The van der Waals surface area contributed by atoms with Crippen LogP contribution < -0.4 is 5.01 Å². The van der Waals surface area contributed by atoms with Crippen LogP contribution in [-0.4, -0.2) is 28.1 Å². The van der Waals surface area contributed by atoms with E-state index in [0.717, 1.165) is 18.3 Å². The van der Waals surface area contributed by atoms with Gasteiger partial charge in [-0.3, -0.25) is 10.1 Å². The zero-order valence-corrected chi connectivity index (χ0v) is 14.2. The van der Waals surface area contributed by atoms with Crippen LogP contribution in [0, 0.1) is 10.1 Å². The average molecular weight is 379 g/mol. The van der Waals surface area contributed by atoms with Crippen LogP contribution in [-0.2, 0) is 8.98 Å². The lowest BCUT2D eigenvalue weighted by molar-refractivity contribution is -0.387. The van der Waals surface area contributed by atoms with Crippen molar-refractivity contribution in [3.05, 3.63) is 57.7 Å². The van der Waals surface area contributed by atoms with Crippen molar-refractivity contribution < 1.29 is 13.9 Å². The Hall–Kier alpha value is -2.65. The van der Waals surface area contributed by atoms with E-state index in [-0.39, 0.29) is 18.0 Å². The number of nitrogens with zero attached hydrogens (tertiary/aromatic N) is 4. The van der Waals surface area contributed by atoms with Crippen molar-refractivity contribution in [2.45, 2.75) is 17.4 Å². The quantitative estimate of drug-likeness (QED) is 0.340. The molecule has 2 aromatic rings. The van der Waals surface area contributed by atoms with E-state index in [0.29, 0.717) is 15.7 Å². The van der Waals surface area contributed by atoms with E-state index in [9.17, 15) is 14.9 Å². The smallest absolute Gasteiger partial charge is 0.286 e. The Bertz CT molecular complexity index is 848. The summed E-state index contributed by atoms with van der Waals surface area (Å²) in [4.78, 5) is 26.3. The fraction of sp³-hybridized carbons (Fsp3) is 0.133. The van der Waals surface area contributed by atoms with Crippen molar-refractivity contribution in [1.29, 1.82) is 0 Å². The lowest BCUT2D eigenvalue weighted by Crippen LogP contribution is -2.28. The zero-order chi connectivity index (χ0) is 17.8. The highest BCUT2D eigenvalue weighted by Gasteiger charge is 2.31. The van der Waals surface area contributed by atoms with Crippen molar-refractivity contribution in [2.24, 2.45) is 5.10 Å². The first-order chi connectivity index (χ1) is 12.1. The van der Waals surface area contributed by atoms with Crippen molar-refractivity contribution in [1.82, 2.24) is 4.98 Å².